The average Bonchev–Trinajstić information content (AvgIpc) is 2.73. The van der Waals surface area contributed by atoms with Crippen molar-refractivity contribution >= 4 is 28.3 Å². The van der Waals surface area contributed by atoms with E-state index in [1.54, 1.807) is 7.11 Å². The highest BCUT2D eigenvalue weighted by molar-refractivity contribution is 6.32. The number of halogens is 1. The first-order valence-corrected chi connectivity index (χ1v) is 5.86. The van der Waals surface area contributed by atoms with Crippen LogP contribution in [0.5, 0.6) is 5.75 Å². The standard InChI is InChI=1S/C12H11ClN4O/c1-6-4-5-8-9(10(6)18-3)14-11(13)12-16-15-7(2)17(8)12/h4-5H,1-3H3. The minimum atomic E-state index is 0.326. The summed E-state index contributed by atoms with van der Waals surface area (Å²) in [6.45, 7) is 3.85. The van der Waals surface area contributed by atoms with Crippen LogP contribution in [-0.2, 0) is 0 Å². The van der Waals surface area contributed by atoms with Crippen molar-refractivity contribution in [2.45, 2.75) is 13.8 Å². The normalized spacial score (nSPS) is 11.3. The number of nitrogens with zero attached hydrogens (tertiary/aromatic N) is 4. The van der Waals surface area contributed by atoms with Crippen LogP contribution in [0.25, 0.3) is 16.7 Å². The van der Waals surface area contributed by atoms with Crippen LogP contribution in [0.15, 0.2) is 12.1 Å². The third-order valence-electron chi connectivity index (χ3n) is 2.97. The molecule has 5 nitrogen and oxygen atoms in total. The van der Waals surface area contributed by atoms with Gasteiger partial charge in [-0.1, -0.05) is 17.7 Å². The van der Waals surface area contributed by atoms with Gasteiger partial charge in [-0.3, -0.25) is 4.40 Å². The zero-order valence-corrected chi connectivity index (χ0v) is 11.0. The van der Waals surface area contributed by atoms with Gasteiger partial charge in [-0.15, -0.1) is 10.2 Å². The van der Waals surface area contributed by atoms with E-state index in [2.05, 4.69) is 15.2 Å². The van der Waals surface area contributed by atoms with E-state index in [-0.39, 0.29) is 0 Å². The lowest BCUT2D eigenvalue weighted by Crippen LogP contribution is -1.98. The van der Waals surface area contributed by atoms with Crippen molar-refractivity contribution in [2.24, 2.45) is 0 Å². The van der Waals surface area contributed by atoms with E-state index in [4.69, 9.17) is 16.3 Å². The molecule has 3 aromatic rings. The number of aryl methyl sites for hydroxylation is 2. The van der Waals surface area contributed by atoms with Gasteiger partial charge in [-0.05, 0) is 25.5 Å². The van der Waals surface area contributed by atoms with E-state index in [1.165, 1.54) is 0 Å². The van der Waals surface area contributed by atoms with Crippen LogP contribution < -0.4 is 4.74 Å². The Labute approximate surface area is 108 Å². The maximum absolute atomic E-state index is 6.14. The Morgan fingerprint density at radius 1 is 1.22 bits per heavy atom. The second kappa shape index (κ2) is 3.81. The first kappa shape index (κ1) is 11.2. The van der Waals surface area contributed by atoms with Crippen molar-refractivity contribution in [1.82, 2.24) is 19.6 Å². The van der Waals surface area contributed by atoms with E-state index < -0.39 is 0 Å². The van der Waals surface area contributed by atoms with E-state index >= 15 is 0 Å². The summed E-state index contributed by atoms with van der Waals surface area (Å²) in [5.41, 5.74) is 3.18. The lowest BCUT2D eigenvalue weighted by molar-refractivity contribution is 0.415. The molecule has 0 aliphatic heterocycles. The minimum Gasteiger partial charge on any atom is -0.494 e. The van der Waals surface area contributed by atoms with E-state index in [0.29, 0.717) is 10.8 Å². The van der Waals surface area contributed by atoms with E-state index in [9.17, 15) is 0 Å². The summed E-state index contributed by atoms with van der Waals surface area (Å²) < 4.78 is 7.28. The van der Waals surface area contributed by atoms with Gasteiger partial charge >= 0.3 is 0 Å². The highest BCUT2D eigenvalue weighted by Crippen LogP contribution is 2.30. The molecule has 0 spiro atoms. The molecule has 2 aromatic heterocycles. The lowest BCUT2D eigenvalue weighted by atomic mass is 10.2. The van der Waals surface area contributed by atoms with Crippen molar-refractivity contribution in [3.63, 3.8) is 0 Å². The fourth-order valence-corrected chi connectivity index (χ4v) is 2.35. The van der Waals surface area contributed by atoms with Crippen molar-refractivity contribution in [1.29, 1.82) is 0 Å². The molecule has 0 aliphatic carbocycles. The van der Waals surface area contributed by atoms with Crippen LogP contribution >= 0.6 is 11.6 Å². The van der Waals surface area contributed by atoms with Crippen LogP contribution in [0.3, 0.4) is 0 Å². The zero-order valence-electron chi connectivity index (χ0n) is 10.2. The van der Waals surface area contributed by atoms with Crippen molar-refractivity contribution in [3.8, 4) is 5.75 Å². The van der Waals surface area contributed by atoms with Gasteiger partial charge in [0, 0.05) is 0 Å². The molecule has 0 atom stereocenters. The molecule has 0 unspecified atom stereocenters. The van der Waals surface area contributed by atoms with Gasteiger partial charge in [0.05, 0.1) is 12.6 Å². The van der Waals surface area contributed by atoms with Gasteiger partial charge in [-0.2, -0.15) is 0 Å². The molecule has 2 heterocycles. The van der Waals surface area contributed by atoms with Crippen LogP contribution in [0, 0.1) is 13.8 Å². The van der Waals surface area contributed by atoms with Crippen molar-refractivity contribution in [2.75, 3.05) is 7.11 Å². The maximum Gasteiger partial charge on any atom is 0.199 e. The summed E-state index contributed by atoms with van der Waals surface area (Å²) in [6, 6.07) is 3.95. The molecule has 0 amide bonds. The summed E-state index contributed by atoms with van der Waals surface area (Å²) in [4.78, 5) is 4.37. The van der Waals surface area contributed by atoms with Crippen LogP contribution in [0.4, 0.5) is 0 Å². The first-order chi connectivity index (χ1) is 8.63. The van der Waals surface area contributed by atoms with Gasteiger partial charge in [0.15, 0.2) is 10.8 Å². The first-order valence-electron chi connectivity index (χ1n) is 5.48. The van der Waals surface area contributed by atoms with Gasteiger partial charge in [-0.25, -0.2) is 4.98 Å². The smallest absolute Gasteiger partial charge is 0.199 e. The fourth-order valence-electron chi connectivity index (χ4n) is 2.14. The summed E-state index contributed by atoms with van der Waals surface area (Å²) in [5, 5.41) is 8.38. The molecule has 0 N–H and O–H groups in total. The SMILES string of the molecule is COc1c(C)ccc2c1nc(Cl)c1nnc(C)n12. The number of aromatic nitrogens is 4. The molecular formula is C12H11ClN4O. The Morgan fingerprint density at radius 2 is 2.00 bits per heavy atom. The number of hydrogen-bond donors (Lipinski definition) is 0. The third-order valence-corrected chi connectivity index (χ3v) is 3.22. The molecule has 0 bridgehead atoms. The van der Waals surface area contributed by atoms with Crippen molar-refractivity contribution in [3.05, 3.63) is 28.7 Å². The number of rotatable bonds is 1. The van der Waals surface area contributed by atoms with Gasteiger partial charge < -0.3 is 4.74 Å². The topological polar surface area (TPSA) is 52.3 Å². The molecular weight excluding hydrogens is 252 g/mol. The molecule has 18 heavy (non-hydrogen) atoms. The van der Waals surface area contributed by atoms with Crippen LogP contribution in [0.1, 0.15) is 11.4 Å². The Hall–Kier alpha value is -1.88. The number of benzene rings is 1. The second-order valence-electron chi connectivity index (χ2n) is 4.09. The Morgan fingerprint density at radius 3 is 2.72 bits per heavy atom. The zero-order chi connectivity index (χ0) is 12.9. The molecule has 0 fully saturated rings. The highest BCUT2D eigenvalue weighted by Gasteiger charge is 2.15. The molecule has 0 saturated heterocycles. The molecule has 0 radical (unpaired) electrons. The Kier molecular flexibility index (Phi) is 2.38. The van der Waals surface area contributed by atoms with Crippen LogP contribution in [-0.4, -0.2) is 26.7 Å². The number of ether oxygens (including phenoxy) is 1. The largest absolute Gasteiger partial charge is 0.494 e. The molecule has 1 aromatic carbocycles. The van der Waals surface area contributed by atoms with E-state index in [1.807, 2.05) is 30.4 Å². The lowest BCUT2D eigenvalue weighted by Gasteiger charge is -2.10. The predicted octanol–water partition coefficient (Wildman–Crippen LogP) is 2.56. The quantitative estimate of drug-likeness (QED) is 0.676. The molecule has 92 valence electrons. The Balaban J connectivity index is 2.60. The minimum absolute atomic E-state index is 0.326. The number of hydrogen-bond acceptors (Lipinski definition) is 4. The maximum atomic E-state index is 6.14. The van der Waals surface area contributed by atoms with E-state index in [0.717, 1.165) is 28.2 Å². The predicted molar refractivity (Wildman–Crippen MR) is 69.3 cm³/mol. The summed E-state index contributed by atoms with van der Waals surface area (Å²) in [6.07, 6.45) is 0. The molecule has 0 saturated carbocycles. The van der Waals surface area contributed by atoms with Gasteiger partial charge in [0.1, 0.15) is 17.1 Å². The third kappa shape index (κ3) is 1.37. The average molecular weight is 263 g/mol. The monoisotopic (exact) mass is 262 g/mol. The molecule has 6 heteroatoms. The van der Waals surface area contributed by atoms with Gasteiger partial charge in [0.25, 0.3) is 0 Å². The summed E-state index contributed by atoms with van der Waals surface area (Å²) >= 11 is 6.14. The number of fused-ring (bicyclic) bond motifs is 3. The van der Waals surface area contributed by atoms with Crippen molar-refractivity contribution < 1.29 is 4.74 Å². The molecule has 3 rings (SSSR count). The Bertz CT molecular complexity index is 766. The fraction of sp³-hybridized carbons (Fsp3) is 0.250. The van der Waals surface area contributed by atoms with Gasteiger partial charge in [0.2, 0.25) is 0 Å². The number of methoxy groups -OCH3 is 1. The highest BCUT2D eigenvalue weighted by atomic mass is 35.5. The summed E-state index contributed by atoms with van der Waals surface area (Å²) in [7, 11) is 1.63. The second-order valence-corrected chi connectivity index (χ2v) is 4.45. The van der Waals surface area contributed by atoms with Crippen LogP contribution in [0.2, 0.25) is 5.15 Å². The molecule has 0 aliphatic rings. The summed E-state index contributed by atoms with van der Waals surface area (Å²) in [5.74, 6) is 1.50.